The molecule has 4 rings (SSSR count). The molecule has 1 saturated heterocycles. The van der Waals surface area contributed by atoms with Gasteiger partial charge in [-0.05, 0) is 31.2 Å². The molecule has 9 heteroatoms. The minimum atomic E-state index is -0.246. The standard InChI is InChI=1S/C21H23ClN4O3S/c1-14-20(30-13-23-14)21(27)26-7-9-29-19(12-26)18-11-16(25(2)24-18)6-8-28-17-5-3-4-15(22)10-17/h3-5,10-11,13,19H,6-9,12H2,1-2H3. The molecule has 0 spiro atoms. The molecule has 1 aliphatic heterocycles. The van der Waals surface area contributed by atoms with Crippen molar-refractivity contribution in [2.24, 2.45) is 7.05 Å². The second-order valence-electron chi connectivity index (χ2n) is 7.12. The SMILES string of the molecule is Cc1ncsc1C(=O)N1CCOC(c2cc(CCOc3cccc(Cl)c3)n(C)n2)C1. The first-order chi connectivity index (χ1) is 14.5. The highest BCUT2D eigenvalue weighted by atomic mass is 35.5. The summed E-state index contributed by atoms with van der Waals surface area (Å²) in [4.78, 5) is 19.5. The van der Waals surface area contributed by atoms with Gasteiger partial charge in [-0.1, -0.05) is 17.7 Å². The quantitative estimate of drug-likeness (QED) is 0.577. The van der Waals surface area contributed by atoms with Gasteiger partial charge in [-0.3, -0.25) is 9.48 Å². The van der Waals surface area contributed by atoms with Crippen LogP contribution in [0, 0.1) is 6.92 Å². The molecule has 0 N–H and O–H groups in total. The zero-order valence-corrected chi connectivity index (χ0v) is 18.4. The van der Waals surface area contributed by atoms with Crippen molar-refractivity contribution in [1.29, 1.82) is 0 Å². The predicted molar refractivity (Wildman–Crippen MR) is 115 cm³/mol. The van der Waals surface area contributed by atoms with Gasteiger partial charge in [0.15, 0.2) is 0 Å². The van der Waals surface area contributed by atoms with E-state index in [1.54, 1.807) is 11.6 Å². The number of hydrogen-bond donors (Lipinski definition) is 0. The molecule has 0 saturated carbocycles. The van der Waals surface area contributed by atoms with Crippen LogP contribution in [0.1, 0.15) is 32.9 Å². The normalized spacial score (nSPS) is 16.6. The van der Waals surface area contributed by atoms with Crippen LogP contribution in [0.4, 0.5) is 0 Å². The van der Waals surface area contributed by atoms with Crippen molar-refractivity contribution >= 4 is 28.8 Å². The Balaban J connectivity index is 1.38. The zero-order chi connectivity index (χ0) is 21.1. The third kappa shape index (κ3) is 4.66. The van der Waals surface area contributed by atoms with Crippen LogP contribution < -0.4 is 4.74 Å². The minimum Gasteiger partial charge on any atom is -0.493 e. The number of thiazole rings is 1. The summed E-state index contributed by atoms with van der Waals surface area (Å²) in [6.45, 7) is 3.90. The summed E-state index contributed by atoms with van der Waals surface area (Å²) < 4.78 is 13.5. The van der Waals surface area contributed by atoms with Crippen LogP contribution in [-0.2, 0) is 18.2 Å². The Morgan fingerprint density at radius 3 is 3.03 bits per heavy atom. The average Bonchev–Trinajstić information content (AvgIpc) is 3.33. The van der Waals surface area contributed by atoms with Gasteiger partial charge < -0.3 is 14.4 Å². The highest BCUT2D eigenvalue weighted by molar-refractivity contribution is 7.11. The van der Waals surface area contributed by atoms with Gasteiger partial charge in [0.25, 0.3) is 5.91 Å². The van der Waals surface area contributed by atoms with E-state index in [1.165, 1.54) is 11.3 Å². The molecule has 1 aliphatic rings. The molecule has 30 heavy (non-hydrogen) atoms. The molecular formula is C21H23ClN4O3S. The molecule has 3 heterocycles. The summed E-state index contributed by atoms with van der Waals surface area (Å²) >= 11 is 7.37. The van der Waals surface area contributed by atoms with Crippen molar-refractivity contribution in [2.75, 3.05) is 26.3 Å². The average molecular weight is 447 g/mol. The summed E-state index contributed by atoms with van der Waals surface area (Å²) in [5, 5.41) is 5.27. The Bertz CT molecular complexity index is 1030. The second-order valence-corrected chi connectivity index (χ2v) is 8.41. The van der Waals surface area contributed by atoms with E-state index in [4.69, 9.17) is 21.1 Å². The van der Waals surface area contributed by atoms with E-state index < -0.39 is 0 Å². The van der Waals surface area contributed by atoms with Crippen molar-refractivity contribution in [3.63, 3.8) is 0 Å². The number of aryl methyl sites for hydroxylation is 2. The van der Waals surface area contributed by atoms with Crippen molar-refractivity contribution in [3.05, 3.63) is 62.8 Å². The maximum atomic E-state index is 12.8. The lowest BCUT2D eigenvalue weighted by Crippen LogP contribution is -2.42. The molecule has 2 aromatic heterocycles. The number of benzene rings is 1. The molecule has 0 bridgehead atoms. The van der Waals surface area contributed by atoms with Gasteiger partial charge in [-0.25, -0.2) is 4.98 Å². The number of nitrogens with zero attached hydrogens (tertiary/aromatic N) is 4. The fourth-order valence-electron chi connectivity index (χ4n) is 3.42. The lowest BCUT2D eigenvalue weighted by Gasteiger charge is -2.32. The van der Waals surface area contributed by atoms with Crippen LogP contribution in [-0.4, -0.2) is 51.9 Å². The molecule has 158 valence electrons. The molecule has 1 amide bonds. The van der Waals surface area contributed by atoms with E-state index in [-0.39, 0.29) is 12.0 Å². The van der Waals surface area contributed by atoms with Gasteiger partial charge in [-0.15, -0.1) is 11.3 Å². The monoisotopic (exact) mass is 446 g/mol. The smallest absolute Gasteiger partial charge is 0.266 e. The van der Waals surface area contributed by atoms with E-state index in [2.05, 4.69) is 10.1 Å². The van der Waals surface area contributed by atoms with E-state index in [0.29, 0.717) is 42.6 Å². The van der Waals surface area contributed by atoms with Crippen LogP contribution in [0.2, 0.25) is 5.02 Å². The summed E-state index contributed by atoms with van der Waals surface area (Å²) in [7, 11) is 1.91. The molecule has 0 radical (unpaired) electrons. The summed E-state index contributed by atoms with van der Waals surface area (Å²) in [6.07, 6.45) is 0.454. The van der Waals surface area contributed by atoms with Gasteiger partial charge in [-0.2, -0.15) is 5.10 Å². The number of carbonyl (C=O) groups excluding carboxylic acids is 1. The third-order valence-corrected chi connectivity index (χ3v) is 6.19. The van der Waals surface area contributed by atoms with Gasteiger partial charge in [0.05, 0.1) is 36.7 Å². The Kier molecular flexibility index (Phi) is 6.36. The van der Waals surface area contributed by atoms with E-state index in [0.717, 1.165) is 22.8 Å². The van der Waals surface area contributed by atoms with E-state index >= 15 is 0 Å². The number of halogens is 1. The number of carbonyl (C=O) groups is 1. The number of ether oxygens (including phenoxy) is 2. The first-order valence-corrected chi connectivity index (χ1v) is 11.0. The lowest BCUT2D eigenvalue weighted by atomic mass is 10.1. The van der Waals surface area contributed by atoms with Crippen LogP contribution in [0.3, 0.4) is 0 Å². The number of hydrogen-bond acceptors (Lipinski definition) is 6. The topological polar surface area (TPSA) is 69.5 Å². The van der Waals surface area contributed by atoms with Crippen LogP contribution >= 0.6 is 22.9 Å². The molecule has 1 aromatic carbocycles. The fourth-order valence-corrected chi connectivity index (χ4v) is 4.37. The first-order valence-electron chi connectivity index (χ1n) is 9.73. The van der Waals surface area contributed by atoms with Crippen LogP contribution in [0.25, 0.3) is 0 Å². The molecule has 3 aromatic rings. The number of morpholine rings is 1. The molecular weight excluding hydrogens is 424 g/mol. The van der Waals surface area contributed by atoms with Crippen LogP contribution in [0.15, 0.2) is 35.8 Å². The van der Waals surface area contributed by atoms with Gasteiger partial charge in [0.2, 0.25) is 0 Å². The molecule has 0 aliphatic carbocycles. The Morgan fingerprint density at radius 2 is 2.27 bits per heavy atom. The highest BCUT2D eigenvalue weighted by Crippen LogP contribution is 2.25. The third-order valence-electron chi connectivity index (χ3n) is 5.04. The first kappa shape index (κ1) is 20.8. The second kappa shape index (κ2) is 9.16. The Hall–Kier alpha value is -2.42. The molecule has 1 fully saturated rings. The number of amides is 1. The van der Waals surface area contributed by atoms with Gasteiger partial charge in [0, 0.05) is 30.7 Å². The largest absolute Gasteiger partial charge is 0.493 e. The maximum absolute atomic E-state index is 12.8. The zero-order valence-electron chi connectivity index (χ0n) is 16.9. The highest BCUT2D eigenvalue weighted by Gasteiger charge is 2.29. The molecule has 1 atom stereocenters. The van der Waals surface area contributed by atoms with Crippen LogP contribution in [0.5, 0.6) is 5.75 Å². The molecule has 1 unspecified atom stereocenters. The minimum absolute atomic E-state index is 0.00868. The lowest BCUT2D eigenvalue weighted by molar-refractivity contribution is -0.0248. The predicted octanol–water partition coefficient (Wildman–Crippen LogP) is 3.67. The van der Waals surface area contributed by atoms with E-state index in [1.807, 2.05) is 47.8 Å². The summed E-state index contributed by atoms with van der Waals surface area (Å²) in [5.74, 6) is 0.752. The summed E-state index contributed by atoms with van der Waals surface area (Å²) in [6, 6.07) is 9.38. The number of aromatic nitrogens is 3. The molecule has 7 nitrogen and oxygen atoms in total. The van der Waals surface area contributed by atoms with Crippen molar-refractivity contribution < 1.29 is 14.3 Å². The number of rotatable bonds is 6. The van der Waals surface area contributed by atoms with Crippen molar-refractivity contribution in [3.8, 4) is 5.75 Å². The Labute approximate surface area is 184 Å². The Morgan fingerprint density at radius 1 is 1.40 bits per heavy atom. The van der Waals surface area contributed by atoms with Crippen molar-refractivity contribution in [1.82, 2.24) is 19.7 Å². The maximum Gasteiger partial charge on any atom is 0.266 e. The van der Waals surface area contributed by atoms with Gasteiger partial charge in [0.1, 0.15) is 16.7 Å². The van der Waals surface area contributed by atoms with Crippen molar-refractivity contribution in [2.45, 2.75) is 19.4 Å². The van der Waals surface area contributed by atoms with Gasteiger partial charge >= 0.3 is 0 Å². The summed E-state index contributed by atoms with van der Waals surface area (Å²) in [5.41, 5.74) is 4.34. The fraction of sp³-hybridized carbons (Fsp3) is 0.381. The van der Waals surface area contributed by atoms with E-state index in [9.17, 15) is 4.79 Å².